The molecular formula is C16H29N3S. The molecule has 1 heterocycles. The molecule has 3 unspecified atom stereocenters. The molecule has 0 aliphatic heterocycles. The first kappa shape index (κ1) is 15.9. The van der Waals surface area contributed by atoms with E-state index in [-0.39, 0.29) is 5.41 Å². The highest BCUT2D eigenvalue weighted by Crippen LogP contribution is 2.36. The smallest absolute Gasteiger partial charge is 0.0944 e. The van der Waals surface area contributed by atoms with Crippen LogP contribution >= 0.6 is 11.3 Å². The lowest BCUT2D eigenvalue weighted by Crippen LogP contribution is -2.41. The van der Waals surface area contributed by atoms with Gasteiger partial charge in [0.05, 0.1) is 10.7 Å². The fourth-order valence-corrected chi connectivity index (χ4v) is 4.23. The average Bonchev–Trinajstić information content (AvgIpc) is 3.04. The summed E-state index contributed by atoms with van der Waals surface area (Å²) in [5.41, 5.74) is 4.39. The predicted octanol–water partition coefficient (Wildman–Crippen LogP) is 3.64. The highest BCUT2D eigenvalue weighted by atomic mass is 32.1. The highest BCUT2D eigenvalue weighted by molar-refractivity contribution is 7.09. The van der Waals surface area contributed by atoms with Crippen LogP contribution < -0.4 is 11.3 Å². The second kappa shape index (κ2) is 6.54. The van der Waals surface area contributed by atoms with Crippen LogP contribution in [-0.4, -0.2) is 11.0 Å². The van der Waals surface area contributed by atoms with Gasteiger partial charge in [-0.2, -0.15) is 0 Å². The summed E-state index contributed by atoms with van der Waals surface area (Å²) in [6.45, 7) is 8.95. The molecule has 1 saturated carbocycles. The van der Waals surface area contributed by atoms with Crippen LogP contribution in [0.15, 0.2) is 5.38 Å². The maximum atomic E-state index is 5.81. The van der Waals surface area contributed by atoms with E-state index >= 15 is 0 Å². The number of aromatic nitrogens is 1. The first-order valence-corrected chi connectivity index (χ1v) is 8.73. The van der Waals surface area contributed by atoms with Crippen molar-refractivity contribution >= 4 is 11.3 Å². The quantitative estimate of drug-likeness (QED) is 0.644. The molecule has 1 aliphatic rings. The van der Waals surface area contributed by atoms with Gasteiger partial charge >= 0.3 is 0 Å². The van der Waals surface area contributed by atoms with Gasteiger partial charge in [0.2, 0.25) is 0 Å². The number of rotatable bonds is 5. The van der Waals surface area contributed by atoms with Crippen molar-refractivity contribution in [1.82, 2.24) is 10.4 Å². The van der Waals surface area contributed by atoms with Crippen molar-refractivity contribution in [2.24, 2.45) is 17.7 Å². The zero-order chi connectivity index (χ0) is 14.8. The fourth-order valence-electron chi connectivity index (χ4n) is 3.15. The minimum Gasteiger partial charge on any atom is -0.271 e. The molecule has 3 nitrogen and oxygen atoms in total. The molecule has 0 bridgehead atoms. The Morgan fingerprint density at radius 1 is 1.45 bits per heavy atom. The van der Waals surface area contributed by atoms with Crippen LogP contribution in [0.2, 0.25) is 0 Å². The molecule has 114 valence electrons. The van der Waals surface area contributed by atoms with Gasteiger partial charge in [0, 0.05) is 23.3 Å². The van der Waals surface area contributed by atoms with Crippen LogP contribution in [0.3, 0.4) is 0 Å². The lowest BCUT2D eigenvalue weighted by Gasteiger charge is -2.22. The van der Waals surface area contributed by atoms with Gasteiger partial charge in [0.15, 0.2) is 0 Å². The Bertz CT molecular complexity index is 422. The molecule has 0 radical (unpaired) electrons. The fraction of sp³-hybridized carbons (Fsp3) is 0.812. The Balaban J connectivity index is 1.98. The Morgan fingerprint density at radius 3 is 2.70 bits per heavy atom. The molecule has 0 spiro atoms. The Morgan fingerprint density at radius 2 is 2.20 bits per heavy atom. The number of hydrogen-bond acceptors (Lipinski definition) is 4. The molecule has 20 heavy (non-hydrogen) atoms. The number of hydrogen-bond donors (Lipinski definition) is 2. The molecule has 1 aromatic rings. The van der Waals surface area contributed by atoms with Gasteiger partial charge in [0.25, 0.3) is 0 Å². The summed E-state index contributed by atoms with van der Waals surface area (Å²) in [6, 6.07) is 0.380. The van der Waals surface area contributed by atoms with Crippen molar-refractivity contribution in [2.75, 3.05) is 0 Å². The molecule has 3 atom stereocenters. The third-order valence-electron chi connectivity index (χ3n) is 4.66. The lowest BCUT2D eigenvalue weighted by atomic mass is 9.93. The van der Waals surface area contributed by atoms with Gasteiger partial charge in [-0.3, -0.25) is 11.3 Å². The summed E-state index contributed by atoms with van der Waals surface area (Å²) in [6.07, 6.45) is 6.27. The summed E-state index contributed by atoms with van der Waals surface area (Å²) in [5, 5.41) is 3.42. The topological polar surface area (TPSA) is 50.9 Å². The van der Waals surface area contributed by atoms with Gasteiger partial charge in [-0.15, -0.1) is 11.3 Å². The third kappa shape index (κ3) is 3.80. The van der Waals surface area contributed by atoms with Crippen molar-refractivity contribution in [3.63, 3.8) is 0 Å². The average molecular weight is 295 g/mol. The standard InChI is InChI=1S/C16H29N3S/c1-5-11-6-7-12(8-11)13(19-17)9-15-18-14(10-20-15)16(2,3)4/h10-13,19H,5-9,17H2,1-4H3. The van der Waals surface area contributed by atoms with E-state index in [0.717, 1.165) is 12.3 Å². The summed E-state index contributed by atoms with van der Waals surface area (Å²) >= 11 is 1.78. The van der Waals surface area contributed by atoms with Crippen LogP contribution in [0.1, 0.15) is 64.1 Å². The predicted molar refractivity (Wildman–Crippen MR) is 86.8 cm³/mol. The van der Waals surface area contributed by atoms with Gasteiger partial charge in [-0.1, -0.05) is 40.5 Å². The summed E-state index contributed by atoms with van der Waals surface area (Å²) in [7, 11) is 0. The van der Waals surface area contributed by atoms with Crippen LogP contribution in [0.5, 0.6) is 0 Å². The number of hydrazine groups is 1. The SMILES string of the molecule is CCC1CCC(C(Cc2nc(C(C)(C)C)cs2)NN)C1. The maximum absolute atomic E-state index is 5.81. The van der Waals surface area contributed by atoms with E-state index in [1.807, 2.05) is 0 Å². The number of nitrogens with two attached hydrogens (primary N) is 1. The van der Waals surface area contributed by atoms with E-state index < -0.39 is 0 Å². The highest BCUT2D eigenvalue weighted by Gasteiger charge is 2.30. The third-order valence-corrected chi connectivity index (χ3v) is 5.53. The van der Waals surface area contributed by atoms with Gasteiger partial charge in [-0.05, 0) is 24.7 Å². The molecule has 0 saturated heterocycles. The van der Waals surface area contributed by atoms with Crippen LogP contribution in [0, 0.1) is 11.8 Å². The summed E-state index contributed by atoms with van der Waals surface area (Å²) in [4.78, 5) is 4.80. The second-order valence-electron chi connectivity index (χ2n) is 7.20. The minimum atomic E-state index is 0.140. The minimum absolute atomic E-state index is 0.140. The molecule has 2 rings (SSSR count). The molecule has 0 amide bonds. The molecular weight excluding hydrogens is 266 g/mol. The first-order chi connectivity index (χ1) is 9.44. The normalized spacial score (nSPS) is 25.1. The Kier molecular flexibility index (Phi) is 5.21. The zero-order valence-corrected chi connectivity index (χ0v) is 14.1. The van der Waals surface area contributed by atoms with Gasteiger partial charge in [0.1, 0.15) is 0 Å². The van der Waals surface area contributed by atoms with Crippen LogP contribution in [0.4, 0.5) is 0 Å². The van der Waals surface area contributed by atoms with Crippen LogP contribution in [-0.2, 0) is 11.8 Å². The van der Waals surface area contributed by atoms with Crippen molar-refractivity contribution in [2.45, 2.75) is 71.3 Å². The van der Waals surface area contributed by atoms with Gasteiger partial charge < -0.3 is 0 Å². The van der Waals surface area contributed by atoms with E-state index in [2.05, 4.69) is 38.5 Å². The van der Waals surface area contributed by atoms with Crippen molar-refractivity contribution < 1.29 is 0 Å². The van der Waals surface area contributed by atoms with E-state index in [4.69, 9.17) is 10.8 Å². The largest absolute Gasteiger partial charge is 0.271 e. The van der Waals surface area contributed by atoms with Crippen molar-refractivity contribution in [3.8, 4) is 0 Å². The summed E-state index contributed by atoms with van der Waals surface area (Å²) < 4.78 is 0. The monoisotopic (exact) mass is 295 g/mol. The first-order valence-electron chi connectivity index (χ1n) is 7.85. The van der Waals surface area contributed by atoms with E-state index in [9.17, 15) is 0 Å². The number of nitrogens with zero attached hydrogens (tertiary/aromatic N) is 1. The molecule has 1 aromatic heterocycles. The van der Waals surface area contributed by atoms with E-state index in [0.29, 0.717) is 12.0 Å². The maximum Gasteiger partial charge on any atom is 0.0944 e. The lowest BCUT2D eigenvalue weighted by molar-refractivity contribution is 0.347. The summed E-state index contributed by atoms with van der Waals surface area (Å²) in [5.74, 6) is 7.42. The Labute approximate surface area is 127 Å². The molecule has 4 heteroatoms. The van der Waals surface area contributed by atoms with E-state index in [1.54, 1.807) is 11.3 Å². The molecule has 0 aromatic carbocycles. The van der Waals surface area contributed by atoms with Gasteiger partial charge in [-0.25, -0.2) is 4.98 Å². The molecule has 1 aliphatic carbocycles. The van der Waals surface area contributed by atoms with E-state index in [1.165, 1.54) is 36.4 Å². The molecule has 1 fully saturated rings. The Hall–Kier alpha value is -0.450. The molecule has 3 N–H and O–H groups in total. The second-order valence-corrected chi connectivity index (χ2v) is 8.14. The van der Waals surface area contributed by atoms with Crippen LogP contribution in [0.25, 0.3) is 0 Å². The van der Waals surface area contributed by atoms with Crippen molar-refractivity contribution in [3.05, 3.63) is 16.1 Å². The van der Waals surface area contributed by atoms with Crippen molar-refractivity contribution in [1.29, 1.82) is 0 Å². The number of thiazole rings is 1. The zero-order valence-electron chi connectivity index (χ0n) is 13.3. The number of nitrogens with one attached hydrogen (secondary N) is 1.